The Morgan fingerprint density at radius 2 is 2.22 bits per heavy atom. The third-order valence-electron chi connectivity index (χ3n) is 3.26. The summed E-state index contributed by atoms with van der Waals surface area (Å²) in [5.74, 6) is 1.30. The van der Waals surface area contributed by atoms with Gasteiger partial charge in [-0.2, -0.15) is 4.98 Å². The van der Waals surface area contributed by atoms with Crippen LogP contribution in [-0.2, 0) is 11.2 Å². The number of nitrogens with two attached hydrogens (primary N) is 1. The molecule has 0 aliphatic heterocycles. The highest BCUT2D eigenvalue weighted by atomic mass is 16.5. The molecule has 18 heavy (non-hydrogen) atoms. The van der Waals surface area contributed by atoms with Crippen LogP contribution in [0.1, 0.15) is 38.9 Å². The molecule has 1 aromatic rings. The number of nitrogens with one attached hydrogen (secondary N) is 1. The van der Waals surface area contributed by atoms with Crippen LogP contribution >= 0.6 is 0 Å². The molecule has 1 atom stereocenters. The molecule has 1 unspecified atom stereocenters. The summed E-state index contributed by atoms with van der Waals surface area (Å²) in [6, 6.07) is 0. The molecule has 0 fully saturated rings. The number of carbonyl (C=O) groups is 1. The van der Waals surface area contributed by atoms with Gasteiger partial charge in [0.1, 0.15) is 0 Å². The third-order valence-corrected chi connectivity index (χ3v) is 3.26. The van der Waals surface area contributed by atoms with Crippen LogP contribution in [0.5, 0.6) is 0 Å². The van der Waals surface area contributed by atoms with Crippen molar-refractivity contribution in [1.82, 2.24) is 15.5 Å². The molecule has 0 bridgehead atoms. The van der Waals surface area contributed by atoms with Gasteiger partial charge in [-0.3, -0.25) is 4.79 Å². The predicted molar refractivity (Wildman–Crippen MR) is 67.8 cm³/mol. The Labute approximate surface area is 107 Å². The van der Waals surface area contributed by atoms with E-state index in [9.17, 15) is 4.79 Å². The summed E-state index contributed by atoms with van der Waals surface area (Å²) in [6.07, 6.45) is 0.773. The normalized spacial score (nSPS) is 14.6. The summed E-state index contributed by atoms with van der Waals surface area (Å²) in [4.78, 5) is 15.9. The molecular weight excluding hydrogens is 232 g/mol. The fourth-order valence-corrected chi connectivity index (χ4v) is 1.47. The Kier molecular flexibility index (Phi) is 4.84. The number of aromatic nitrogens is 2. The average molecular weight is 254 g/mol. The van der Waals surface area contributed by atoms with Gasteiger partial charge in [0.15, 0.2) is 5.82 Å². The Hall–Kier alpha value is -1.43. The summed E-state index contributed by atoms with van der Waals surface area (Å²) in [5.41, 5.74) is 5.34. The Bertz CT molecular complexity index is 403. The van der Waals surface area contributed by atoms with E-state index in [0.29, 0.717) is 31.1 Å². The number of hydrogen-bond acceptors (Lipinski definition) is 5. The molecule has 0 radical (unpaired) electrons. The number of aryl methyl sites for hydroxylation is 2. The van der Waals surface area contributed by atoms with Gasteiger partial charge in [-0.05, 0) is 19.8 Å². The smallest absolute Gasteiger partial charge is 0.227 e. The van der Waals surface area contributed by atoms with Gasteiger partial charge in [-0.15, -0.1) is 0 Å². The molecule has 3 N–H and O–H groups in total. The van der Waals surface area contributed by atoms with Crippen molar-refractivity contribution < 1.29 is 9.32 Å². The van der Waals surface area contributed by atoms with E-state index in [2.05, 4.69) is 15.5 Å². The number of hydrogen-bond donors (Lipinski definition) is 2. The van der Waals surface area contributed by atoms with E-state index in [1.807, 2.05) is 20.8 Å². The largest absolute Gasteiger partial charge is 0.349 e. The minimum absolute atomic E-state index is 0.0486. The van der Waals surface area contributed by atoms with Gasteiger partial charge in [0.25, 0.3) is 0 Å². The minimum atomic E-state index is -0.373. The van der Waals surface area contributed by atoms with Crippen LogP contribution in [0, 0.1) is 12.8 Å². The lowest BCUT2D eigenvalue weighted by atomic mass is 9.88. The zero-order chi connectivity index (χ0) is 13.8. The first-order valence-corrected chi connectivity index (χ1v) is 6.17. The molecule has 0 saturated carbocycles. The van der Waals surface area contributed by atoms with E-state index >= 15 is 0 Å². The maximum absolute atomic E-state index is 11.8. The molecule has 1 rings (SSSR count). The Morgan fingerprint density at radius 3 is 2.67 bits per heavy atom. The van der Waals surface area contributed by atoms with Crippen LogP contribution in [0.3, 0.4) is 0 Å². The summed E-state index contributed by atoms with van der Waals surface area (Å²) >= 11 is 0. The highest BCUT2D eigenvalue weighted by Crippen LogP contribution is 2.15. The quantitative estimate of drug-likeness (QED) is 0.783. The maximum Gasteiger partial charge on any atom is 0.227 e. The van der Waals surface area contributed by atoms with E-state index in [4.69, 9.17) is 10.3 Å². The summed E-state index contributed by atoms with van der Waals surface area (Å²) < 4.78 is 4.95. The van der Waals surface area contributed by atoms with Crippen molar-refractivity contribution in [3.8, 4) is 0 Å². The summed E-state index contributed by atoms with van der Waals surface area (Å²) in [6.45, 7) is 8.18. The lowest BCUT2D eigenvalue weighted by Gasteiger charge is -2.33. The Morgan fingerprint density at radius 1 is 1.56 bits per heavy atom. The summed E-state index contributed by atoms with van der Waals surface area (Å²) in [5, 5.41) is 6.64. The second-order valence-electron chi connectivity index (χ2n) is 5.06. The molecule has 0 spiro atoms. The molecule has 6 heteroatoms. The van der Waals surface area contributed by atoms with Gasteiger partial charge in [-0.1, -0.05) is 19.0 Å². The second kappa shape index (κ2) is 5.95. The van der Waals surface area contributed by atoms with Gasteiger partial charge >= 0.3 is 0 Å². The van der Waals surface area contributed by atoms with E-state index in [1.54, 1.807) is 6.92 Å². The van der Waals surface area contributed by atoms with E-state index in [0.717, 1.165) is 0 Å². The lowest BCUT2D eigenvalue weighted by Crippen LogP contribution is -2.55. The van der Waals surface area contributed by atoms with Crippen molar-refractivity contribution in [2.75, 3.05) is 6.54 Å². The van der Waals surface area contributed by atoms with Crippen LogP contribution in [-0.4, -0.2) is 28.1 Å². The van der Waals surface area contributed by atoms with Gasteiger partial charge in [0.05, 0.1) is 5.54 Å². The molecule has 0 aliphatic rings. The average Bonchev–Trinajstić information content (AvgIpc) is 2.72. The second-order valence-corrected chi connectivity index (χ2v) is 5.06. The monoisotopic (exact) mass is 254 g/mol. The molecule has 0 aromatic carbocycles. The van der Waals surface area contributed by atoms with Gasteiger partial charge in [0, 0.05) is 19.4 Å². The van der Waals surface area contributed by atoms with Crippen molar-refractivity contribution in [1.29, 1.82) is 0 Å². The van der Waals surface area contributed by atoms with Crippen molar-refractivity contribution in [2.45, 2.75) is 46.1 Å². The fourth-order valence-electron chi connectivity index (χ4n) is 1.47. The first-order chi connectivity index (χ1) is 8.37. The lowest BCUT2D eigenvalue weighted by molar-refractivity contribution is -0.123. The van der Waals surface area contributed by atoms with Gasteiger partial charge in [-0.25, -0.2) is 0 Å². The SMILES string of the molecule is Cc1noc(CCC(=O)NC(C)(CN)C(C)C)n1. The molecule has 0 saturated heterocycles. The fraction of sp³-hybridized carbons (Fsp3) is 0.750. The molecule has 6 nitrogen and oxygen atoms in total. The number of amides is 1. The van der Waals surface area contributed by atoms with Crippen molar-refractivity contribution >= 4 is 5.91 Å². The minimum Gasteiger partial charge on any atom is -0.349 e. The highest BCUT2D eigenvalue weighted by Gasteiger charge is 2.28. The molecule has 1 aromatic heterocycles. The Balaban J connectivity index is 2.46. The number of nitrogens with zero attached hydrogens (tertiary/aromatic N) is 2. The van der Waals surface area contributed by atoms with Crippen LogP contribution in [0.25, 0.3) is 0 Å². The van der Waals surface area contributed by atoms with Gasteiger partial charge < -0.3 is 15.6 Å². The van der Waals surface area contributed by atoms with Crippen molar-refractivity contribution in [3.05, 3.63) is 11.7 Å². The molecular formula is C12H22N4O2. The third kappa shape index (κ3) is 3.80. The molecule has 1 amide bonds. The first-order valence-electron chi connectivity index (χ1n) is 6.17. The molecule has 0 aliphatic carbocycles. The van der Waals surface area contributed by atoms with Crippen LogP contribution in [0.4, 0.5) is 0 Å². The van der Waals surface area contributed by atoms with E-state index in [-0.39, 0.29) is 17.4 Å². The van der Waals surface area contributed by atoms with Crippen LogP contribution in [0.15, 0.2) is 4.52 Å². The van der Waals surface area contributed by atoms with E-state index in [1.165, 1.54) is 0 Å². The van der Waals surface area contributed by atoms with Crippen LogP contribution in [0.2, 0.25) is 0 Å². The van der Waals surface area contributed by atoms with E-state index < -0.39 is 0 Å². The summed E-state index contributed by atoms with van der Waals surface area (Å²) in [7, 11) is 0. The van der Waals surface area contributed by atoms with Gasteiger partial charge in [0.2, 0.25) is 11.8 Å². The standard InChI is InChI=1S/C12H22N4O2/c1-8(2)12(4,7-13)15-10(17)5-6-11-14-9(3)16-18-11/h8H,5-7,13H2,1-4H3,(H,15,17). The molecule has 102 valence electrons. The maximum atomic E-state index is 11.8. The zero-order valence-corrected chi connectivity index (χ0v) is 11.5. The van der Waals surface area contributed by atoms with Crippen molar-refractivity contribution in [3.63, 3.8) is 0 Å². The predicted octanol–water partition coefficient (Wildman–Crippen LogP) is 0.800. The number of carbonyl (C=O) groups excluding carboxylic acids is 1. The molecule has 1 heterocycles. The topological polar surface area (TPSA) is 94.0 Å². The van der Waals surface area contributed by atoms with Crippen LogP contribution < -0.4 is 11.1 Å². The number of rotatable bonds is 6. The first kappa shape index (κ1) is 14.6. The van der Waals surface area contributed by atoms with Crippen molar-refractivity contribution in [2.24, 2.45) is 11.7 Å². The highest BCUT2D eigenvalue weighted by molar-refractivity contribution is 5.77. The zero-order valence-electron chi connectivity index (χ0n) is 11.5.